The zero-order valence-corrected chi connectivity index (χ0v) is 17.7. The van der Waals surface area contributed by atoms with Gasteiger partial charge in [0.15, 0.2) is 11.7 Å². The third kappa shape index (κ3) is 5.07. The van der Waals surface area contributed by atoms with Crippen molar-refractivity contribution >= 4 is 61.3 Å². The van der Waals surface area contributed by atoms with Gasteiger partial charge in [-0.2, -0.15) is 0 Å². The van der Waals surface area contributed by atoms with E-state index in [0.717, 1.165) is 15.2 Å². The quantitative estimate of drug-likeness (QED) is 0.316. The van der Waals surface area contributed by atoms with Gasteiger partial charge in [0.05, 0.1) is 9.40 Å². The zero-order valence-electron chi connectivity index (χ0n) is 15.3. The maximum atomic E-state index is 12.2. The monoisotopic (exact) mass is 473 g/mol. The molecule has 7 nitrogen and oxygen atoms in total. The number of hydrogen-bond acceptors (Lipinski definition) is 5. The van der Waals surface area contributed by atoms with Gasteiger partial charge < -0.3 is 10.1 Å². The van der Waals surface area contributed by atoms with Crippen molar-refractivity contribution in [2.24, 2.45) is 0 Å². The molecule has 29 heavy (non-hydrogen) atoms. The van der Waals surface area contributed by atoms with E-state index in [-0.39, 0.29) is 17.4 Å². The number of nitro benzene ring substituents is 1. The molecule has 9 heteroatoms. The number of ether oxygens (including phenoxy) is 1. The molecule has 0 atom stereocenters. The van der Waals surface area contributed by atoms with Gasteiger partial charge in [-0.15, -0.1) is 0 Å². The number of rotatable bonds is 5. The molecule has 2 N–H and O–H groups in total. The van der Waals surface area contributed by atoms with Gasteiger partial charge in [-0.25, -0.2) is 0 Å². The Morgan fingerprint density at radius 1 is 1.21 bits per heavy atom. The van der Waals surface area contributed by atoms with E-state index in [0.29, 0.717) is 17.0 Å². The summed E-state index contributed by atoms with van der Waals surface area (Å²) < 4.78 is 6.37. The number of thiocarbonyl (C=S) groups is 1. The number of aryl methyl sites for hydroxylation is 1. The summed E-state index contributed by atoms with van der Waals surface area (Å²) in [7, 11) is 0. The Morgan fingerprint density at radius 2 is 1.97 bits per heavy atom. The van der Waals surface area contributed by atoms with E-state index in [1.807, 2.05) is 30.3 Å². The number of carbonyl (C=O) groups excluding carboxylic acids is 1. The molecule has 0 saturated heterocycles. The predicted octanol–water partition coefficient (Wildman–Crippen LogP) is 4.71. The Bertz CT molecular complexity index is 1120. The summed E-state index contributed by atoms with van der Waals surface area (Å²) in [6.07, 6.45) is 0. The topological polar surface area (TPSA) is 93.5 Å². The van der Waals surface area contributed by atoms with Crippen LogP contribution < -0.4 is 15.4 Å². The molecule has 0 radical (unpaired) electrons. The maximum Gasteiger partial charge on any atom is 0.269 e. The van der Waals surface area contributed by atoms with Gasteiger partial charge in [0.1, 0.15) is 5.75 Å². The zero-order chi connectivity index (χ0) is 21.0. The molecule has 0 aliphatic carbocycles. The van der Waals surface area contributed by atoms with Crippen molar-refractivity contribution in [3.05, 3.63) is 74.7 Å². The maximum absolute atomic E-state index is 12.2. The van der Waals surface area contributed by atoms with Crippen LogP contribution >= 0.6 is 28.1 Å². The normalized spacial score (nSPS) is 10.4. The first kappa shape index (κ1) is 20.7. The van der Waals surface area contributed by atoms with Gasteiger partial charge in [0.25, 0.3) is 11.6 Å². The smallest absolute Gasteiger partial charge is 0.269 e. The van der Waals surface area contributed by atoms with Gasteiger partial charge in [0, 0.05) is 17.8 Å². The number of benzene rings is 3. The average Bonchev–Trinajstić information content (AvgIpc) is 2.69. The van der Waals surface area contributed by atoms with Crippen LogP contribution in [-0.4, -0.2) is 22.5 Å². The van der Waals surface area contributed by atoms with E-state index >= 15 is 0 Å². The minimum absolute atomic E-state index is 0.0163. The van der Waals surface area contributed by atoms with Gasteiger partial charge in [0.2, 0.25) is 0 Å². The fourth-order valence-corrected chi connectivity index (χ4v) is 3.52. The predicted molar refractivity (Wildman–Crippen MR) is 119 cm³/mol. The third-order valence-electron chi connectivity index (χ3n) is 4.11. The van der Waals surface area contributed by atoms with Gasteiger partial charge in [-0.3, -0.25) is 20.2 Å². The molecule has 1 amide bonds. The number of hydrogen-bond donors (Lipinski definition) is 2. The second-order valence-corrected chi connectivity index (χ2v) is 7.35. The first-order chi connectivity index (χ1) is 13.8. The number of fused-ring (bicyclic) bond motifs is 1. The van der Waals surface area contributed by atoms with Crippen molar-refractivity contribution in [1.29, 1.82) is 0 Å². The highest BCUT2D eigenvalue weighted by molar-refractivity contribution is 9.10. The minimum atomic E-state index is -0.473. The van der Waals surface area contributed by atoms with E-state index in [1.165, 1.54) is 18.2 Å². The van der Waals surface area contributed by atoms with Crippen LogP contribution in [0.15, 0.2) is 59.1 Å². The molecule has 0 unspecified atom stereocenters. The highest BCUT2D eigenvalue weighted by atomic mass is 79.9. The van der Waals surface area contributed by atoms with Crippen LogP contribution in [0, 0.1) is 17.0 Å². The molecule has 0 bridgehead atoms. The van der Waals surface area contributed by atoms with Crippen molar-refractivity contribution in [3.8, 4) is 5.75 Å². The molecule has 148 valence electrons. The fourth-order valence-electron chi connectivity index (χ4n) is 2.69. The summed E-state index contributed by atoms with van der Waals surface area (Å²) in [5.74, 6) is 0.117. The molecular formula is C20H16BrN3O4S. The highest BCUT2D eigenvalue weighted by Gasteiger charge is 2.12. The lowest BCUT2D eigenvalue weighted by Crippen LogP contribution is -2.37. The fraction of sp³-hybridized carbons (Fsp3) is 0.100. The Kier molecular flexibility index (Phi) is 6.40. The van der Waals surface area contributed by atoms with E-state index in [2.05, 4.69) is 26.6 Å². The molecule has 0 fully saturated rings. The van der Waals surface area contributed by atoms with E-state index in [4.69, 9.17) is 17.0 Å². The second kappa shape index (κ2) is 8.97. The molecule has 0 saturated carbocycles. The number of nitro groups is 1. The molecule has 0 heterocycles. The van der Waals surface area contributed by atoms with Crippen LogP contribution in [0.4, 0.5) is 11.4 Å². The summed E-state index contributed by atoms with van der Waals surface area (Å²) in [5, 5.41) is 18.3. The summed E-state index contributed by atoms with van der Waals surface area (Å²) in [5.41, 5.74) is 1.18. The molecule has 3 aromatic carbocycles. The summed E-state index contributed by atoms with van der Waals surface area (Å²) >= 11 is 8.64. The first-order valence-corrected chi connectivity index (χ1v) is 9.71. The standard InChI is InChI=1S/C20H16BrN3O4S/c1-12-10-14(24(26)27)7-8-16(12)22-20(29)23-18(25)11-28-17-9-6-13-4-2-3-5-15(13)19(17)21/h2-10H,11H2,1H3,(H2,22,23,25,29). The van der Waals surface area contributed by atoms with Crippen molar-refractivity contribution in [3.63, 3.8) is 0 Å². The Balaban J connectivity index is 1.58. The summed E-state index contributed by atoms with van der Waals surface area (Å²) in [6.45, 7) is 1.48. The number of nitrogens with one attached hydrogen (secondary N) is 2. The van der Waals surface area contributed by atoms with Gasteiger partial charge >= 0.3 is 0 Å². The Hall–Kier alpha value is -3.04. The van der Waals surface area contributed by atoms with E-state index in [9.17, 15) is 14.9 Å². The van der Waals surface area contributed by atoms with Crippen LogP contribution in [-0.2, 0) is 4.79 Å². The molecule has 0 spiro atoms. The summed E-state index contributed by atoms with van der Waals surface area (Å²) in [4.78, 5) is 22.5. The number of anilines is 1. The first-order valence-electron chi connectivity index (χ1n) is 8.51. The van der Waals surface area contributed by atoms with Gasteiger partial charge in [-0.1, -0.05) is 30.3 Å². The van der Waals surface area contributed by atoms with Crippen molar-refractivity contribution in [2.75, 3.05) is 11.9 Å². The number of halogens is 1. The Morgan fingerprint density at radius 3 is 2.69 bits per heavy atom. The van der Waals surface area contributed by atoms with Crippen molar-refractivity contribution in [2.45, 2.75) is 6.92 Å². The number of nitrogens with zero attached hydrogens (tertiary/aromatic N) is 1. The third-order valence-corrected chi connectivity index (χ3v) is 5.13. The van der Waals surface area contributed by atoms with E-state index in [1.54, 1.807) is 13.0 Å². The lowest BCUT2D eigenvalue weighted by Gasteiger charge is -2.13. The molecule has 0 aliphatic rings. The molecular weight excluding hydrogens is 458 g/mol. The van der Waals surface area contributed by atoms with Crippen LogP contribution in [0.3, 0.4) is 0 Å². The lowest BCUT2D eigenvalue weighted by atomic mass is 10.1. The average molecular weight is 474 g/mol. The van der Waals surface area contributed by atoms with Crippen molar-refractivity contribution in [1.82, 2.24) is 5.32 Å². The van der Waals surface area contributed by atoms with Crippen LogP contribution in [0.25, 0.3) is 10.8 Å². The molecule has 0 aromatic heterocycles. The molecule has 0 aliphatic heterocycles. The van der Waals surface area contributed by atoms with Crippen molar-refractivity contribution < 1.29 is 14.5 Å². The molecule has 3 aromatic rings. The Labute approximate surface area is 180 Å². The highest BCUT2D eigenvalue weighted by Crippen LogP contribution is 2.32. The van der Waals surface area contributed by atoms with E-state index < -0.39 is 10.8 Å². The summed E-state index contributed by atoms with van der Waals surface area (Å²) in [6, 6.07) is 15.8. The number of carbonyl (C=O) groups is 1. The SMILES string of the molecule is Cc1cc([N+](=O)[O-])ccc1NC(=S)NC(=O)COc1ccc2ccccc2c1Br. The lowest BCUT2D eigenvalue weighted by molar-refractivity contribution is -0.384. The largest absolute Gasteiger partial charge is 0.483 e. The minimum Gasteiger partial charge on any atom is -0.483 e. The molecule has 3 rings (SSSR count). The second-order valence-electron chi connectivity index (χ2n) is 6.15. The van der Waals surface area contributed by atoms with Crippen LogP contribution in [0.5, 0.6) is 5.75 Å². The van der Waals surface area contributed by atoms with Gasteiger partial charge in [-0.05, 0) is 63.5 Å². The number of non-ortho nitro benzene ring substituents is 1. The van der Waals surface area contributed by atoms with Crippen LogP contribution in [0.1, 0.15) is 5.56 Å². The van der Waals surface area contributed by atoms with Crippen LogP contribution in [0.2, 0.25) is 0 Å². The number of amides is 1.